The Morgan fingerprint density at radius 3 is 2.75 bits per heavy atom. The summed E-state index contributed by atoms with van der Waals surface area (Å²) in [6.07, 6.45) is 0. The Balaban J connectivity index is 2.83. The van der Waals surface area contributed by atoms with Crippen molar-refractivity contribution < 1.29 is 9.15 Å². The highest BCUT2D eigenvalue weighted by Crippen LogP contribution is 2.22. The first-order chi connectivity index (χ1) is 7.63. The van der Waals surface area contributed by atoms with Gasteiger partial charge in [-0.05, 0) is 12.1 Å². The fraction of sp³-hybridized carbons (Fsp3) is 0.333. The molecule has 0 bridgehead atoms. The first kappa shape index (κ1) is 10.7. The molecule has 0 spiro atoms. The van der Waals surface area contributed by atoms with Crippen LogP contribution in [-0.4, -0.2) is 12.1 Å². The van der Waals surface area contributed by atoms with Crippen molar-refractivity contribution in [1.82, 2.24) is 4.98 Å². The summed E-state index contributed by atoms with van der Waals surface area (Å²) < 4.78 is 10.3. The second-order valence-electron chi connectivity index (χ2n) is 3.85. The predicted molar refractivity (Wildman–Crippen MR) is 60.9 cm³/mol. The summed E-state index contributed by atoms with van der Waals surface area (Å²) in [4.78, 5) is 16.0. The van der Waals surface area contributed by atoms with E-state index >= 15 is 0 Å². The number of ether oxygens (including phenoxy) is 1. The monoisotopic (exact) mass is 219 g/mol. The van der Waals surface area contributed by atoms with Gasteiger partial charge in [-0.1, -0.05) is 19.9 Å². The van der Waals surface area contributed by atoms with Crippen LogP contribution in [0.5, 0.6) is 5.75 Å². The maximum absolute atomic E-state index is 11.7. The second-order valence-corrected chi connectivity index (χ2v) is 3.85. The van der Waals surface area contributed by atoms with Crippen LogP contribution in [0.15, 0.2) is 27.4 Å². The second kappa shape index (κ2) is 3.96. The zero-order chi connectivity index (χ0) is 11.7. The standard InChI is InChI=1S/C12H13NO3/c1-7(2)11-13-10-8(12(14)16-11)5-4-6-9(10)15-3/h4-7H,1-3H3. The number of fused-ring (bicyclic) bond motifs is 1. The van der Waals surface area contributed by atoms with Crippen molar-refractivity contribution in [3.8, 4) is 5.75 Å². The molecule has 0 aliphatic rings. The van der Waals surface area contributed by atoms with Crippen LogP contribution in [-0.2, 0) is 0 Å². The molecule has 0 aliphatic heterocycles. The molecule has 0 unspecified atom stereocenters. The summed E-state index contributed by atoms with van der Waals surface area (Å²) in [6.45, 7) is 3.85. The van der Waals surface area contributed by atoms with Crippen molar-refractivity contribution >= 4 is 10.9 Å². The van der Waals surface area contributed by atoms with Crippen molar-refractivity contribution in [2.24, 2.45) is 0 Å². The maximum atomic E-state index is 11.7. The van der Waals surface area contributed by atoms with E-state index in [1.165, 1.54) is 0 Å². The lowest BCUT2D eigenvalue weighted by atomic mass is 10.2. The van der Waals surface area contributed by atoms with Crippen LogP contribution < -0.4 is 10.4 Å². The molecule has 4 nitrogen and oxygen atoms in total. The minimum Gasteiger partial charge on any atom is -0.494 e. The Hall–Kier alpha value is -1.84. The van der Waals surface area contributed by atoms with E-state index in [0.717, 1.165) is 0 Å². The van der Waals surface area contributed by atoms with Gasteiger partial charge in [0.25, 0.3) is 0 Å². The van der Waals surface area contributed by atoms with Gasteiger partial charge in [0.1, 0.15) is 11.3 Å². The van der Waals surface area contributed by atoms with Crippen LogP contribution in [0.1, 0.15) is 25.7 Å². The first-order valence-electron chi connectivity index (χ1n) is 5.11. The van der Waals surface area contributed by atoms with E-state index in [0.29, 0.717) is 22.5 Å². The van der Waals surface area contributed by atoms with Crippen LogP contribution in [0.25, 0.3) is 10.9 Å². The molecular formula is C12H13NO3. The van der Waals surface area contributed by atoms with Crippen molar-refractivity contribution in [2.45, 2.75) is 19.8 Å². The quantitative estimate of drug-likeness (QED) is 0.777. The third-order valence-electron chi connectivity index (χ3n) is 2.35. The first-order valence-corrected chi connectivity index (χ1v) is 5.11. The Bertz CT molecular complexity index is 572. The van der Waals surface area contributed by atoms with E-state index in [4.69, 9.17) is 9.15 Å². The topological polar surface area (TPSA) is 52.3 Å². The van der Waals surface area contributed by atoms with Gasteiger partial charge >= 0.3 is 5.63 Å². The van der Waals surface area contributed by atoms with Crippen LogP contribution in [0.2, 0.25) is 0 Å². The molecule has 16 heavy (non-hydrogen) atoms. The lowest BCUT2D eigenvalue weighted by Crippen LogP contribution is -2.07. The van der Waals surface area contributed by atoms with Crippen molar-refractivity contribution in [3.63, 3.8) is 0 Å². The minimum absolute atomic E-state index is 0.0713. The molecule has 1 aromatic carbocycles. The van der Waals surface area contributed by atoms with E-state index < -0.39 is 0 Å². The SMILES string of the molecule is COc1cccc2c(=O)oc(C(C)C)nc12. The number of benzene rings is 1. The van der Waals surface area contributed by atoms with Crippen molar-refractivity contribution in [2.75, 3.05) is 7.11 Å². The number of nitrogens with zero attached hydrogens (tertiary/aromatic N) is 1. The van der Waals surface area contributed by atoms with E-state index in [1.807, 2.05) is 13.8 Å². The highest BCUT2D eigenvalue weighted by molar-refractivity contribution is 5.83. The molecule has 0 radical (unpaired) electrons. The van der Waals surface area contributed by atoms with E-state index in [1.54, 1.807) is 25.3 Å². The molecule has 0 N–H and O–H groups in total. The Labute approximate surface area is 92.9 Å². The Morgan fingerprint density at radius 2 is 2.12 bits per heavy atom. The van der Waals surface area contributed by atoms with Gasteiger partial charge < -0.3 is 9.15 Å². The smallest absolute Gasteiger partial charge is 0.346 e. The molecule has 0 aliphatic carbocycles. The van der Waals surface area contributed by atoms with Crippen LogP contribution >= 0.6 is 0 Å². The number of para-hydroxylation sites is 1. The molecule has 4 heteroatoms. The minimum atomic E-state index is -0.368. The van der Waals surface area contributed by atoms with Crippen LogP contribution in [0.3, 0.4) is 0 Å². The van der Waals surface area contributed by atoms with Gasteiger partial charge in [-0.3, -0.25) is 0 Å². The zero-order valence-corrected chi connectivity index (χ0v) is 9.48. The predicted octanol–water partition coefficient (Wildman–Crippen LogP) is 2.32. The largest absolute Gasteiger partial charge is 0.494 e. The summed E-state index contributed by atoms with van der Waals surface area (Å²) in [5, 5.41) is 0.448. The van der Waals surface area contributed by atoms with E-state index in [9.17, 15) is 4.79 Å². The number of rotatable bonds is 2. The molecule has 2 rings (SSSR count). The summed E-state index contributed by atoms with van der Waals surface area (Å²) in [6, 6.07) is 5.20. The number of hydrogen-bond donors (Lipinski definition) is 0. The average molecular weight is 219 g/mol. The average Bonchev–Trinajstić information content (AvgIpc) is 2.28. The molecule has 2 aromatic rings. The van der Waals surface area contributed by atoms with Crippen molar-refractivity contribution in [3.05, 3.63) is 34.5 Å². The molecule has 0 saturated heterocycles. The lowest BCUT2D eigenvalue weighted by Gasteiger charge is -2.06. The third kappa shape index (κ3) is 1.66. The van der Waals surface area contributed by atoms with E-state index in [-0.39, 0.29) is 11.5 Å². The molecule has 0 atom stereocenters. The lowest BCUT2D eigenvalue weighted by molar-refractivity contribution is 0.408. The summed E-state index contributed by atoms with van der Waals surface area (Å²) in [5.41, 5.74) is 0.192. The van der Waals surface area contributed by atoms with Gasteiger partial charge in [-0.2, -0.15) is 0 Å². The van der Waals surface area contributed by atoms with Crippen LogP contribution in [0, 0.1) is 0 Å². The summed E-state index contributed by atoms with van der Waals surface area (Å²) >= 11 is 0. The molecule has 84 valence electrons. The number of methoxy groups -OCH3 is 1. The molecule has 1 aromatic heterocycles. The van der Waals surface area contributed by atoms with Gasteiger partial charge in [0.05, 0.1) is 12.5 Å². The molecule has 0 fully saturated rings. The highest BCUT2D eigenvalue weighted by atomic mass is 16.5. The molecule has 0 amide bonds. The fourth-order valence-corrected chi connectivity index (χ4v) is 1.50. The van der Waals surface area contributed by atoms with Crippen molar-refractivity contribution in [1.29, 1.82) is 0 Å². The van der Waals surface area contributed by atoms with Gasteiger partial charge in [0, 0.05) is 5.92 Å². The third-order valence-corrected chi connectivity index (χ3v) is 2.35. The maximum Gasteiger partial charge on any atom is 0.346 e. The Kier molecular flexibility index (Phi) is 2.64. The van der Waals surface area contributed by atoms with Gasteiger partial charge in [-0.25, -0.2) is 9.78 Å². The fourth-order valence-electron chi connectivity index (χ4n) is 1.50. The number of aromatic nitrogens is 1. The number of hydrogen-bond acceptors (Lipinski definition) is 4. The van der Waals surface area contributed by atoms with Gasteiger partial charge in [0.2, 0.25) is 5.89 Å². The normalized spacial score (nSPS) is 11.0. The van der Waals surface area contributed by atoms with E-state index in [2.05, 4.69) is 4.98 Å². The zero-order valence-electron chi connectivity index (χ0n) is 9.48. The molecule has 1 heterocycles. The van der Waals surface area contributed by atoms with Crippen LogP contribution in [0.4, 0.5) is 0 Å². The van der Waals surface area contributed by atoms with Gasteiger partial charge in [-0.15, -0.1) is 0 Å². The highest BCUT2D eigenvalue weighted by Gasteiger charge is 2.12. The summed E-state index contributed by atoms with van der Waals surface area (Å²) in [5.74, 6) is 1.09. The van der Waals surface area contributed by atoms with Gasteiger partial charge in [0.15, 0.2) is 0 Å². The molecular weight excluding hydrogens is 206 g/mol. The molecule has 0 saturated carbocycles. The Morgan fingerprint density at radius 1 is 1.38 bits per heavy atom. The summed E-state index contributed by atoms with van der Waals surface area (Å²) in [7, 11) is 1.56.